The van der Waals surface area contributed by atoms with E-state index in [1.54, 1.807) is 0 Å². The highest BCUT2D eigenvalue weighted by molar-refractivity contribution is 5.89. The molecule has 0 atom stereocenters. The van der Waals surface area contributed by atoms with Gasteiger partial charge in [-0.25, -0.2) is 4.79 Å². The van der Waals surface area contributed by atoms with Crippen LogP contribution >= 0.6 is 0 Å². The van der Waals surface area contributed by atoms with Gasteiger partial charge in [0.25, 0.3) is 0 Å². The van der Waals surface area contributed by atoms with Gasteiger partial charge in [0, 0.05) is 11.6 Å². The molecule has 3 aromatic rings. The maximum absolute atomic E-state index is 12.7. The number of amides is 1. The number of rotatable bonds is 3. The smallest absolute Gasteiger partial charge is 0.411 e. The van der Waals surface area contributed by atoms with Crippen LogP contribution in [-0.4, -0.2) is 12.7 Å². The predicted molar refractivity (Wildman–Crippen MR) is 133 cm³/mol. The van der Waals surface area contributed by atoms with E-state index in [1.807, 2.05) is 18.2 Å². The summed E-state index contributed by atoms with van der Waals surface area (Å²) in [5, 5.41) is 2.95. The molecule has 0 saturated heterocycles. The third-order valence-electron chi connectivity index (χ3n) is 6.88. The summed E-state index contributed by atoms with van der Waals surface area (Å²) in [4.78, 5) is 12.7. The summed E-state index contributed by atoms with van der Waals surface area (Å²) in [7, 11) is 0. The largest absolute Gasteiger partial charge is 0.448 e. The van der Waals surface area contributed by atoms with Crippen molar-refractivity contribution in [1.29, 1.82) is 0 Å². The van der Waals surface area contributed by atoms with E-state index in [9.17, 15) is 4.79 Å². The number of allylic oxidation sites excluding steroid dienone is 6. The molecule has 0 fully saturated rings. The predicted octanol–water partition coefficient (Wildman–Crippen LogP) is 7.26. The summed E-state index contributed by atoms with van der Waals surface area (Å²) in [5.74, 6) is 0.0575. The number of hydrogen-bond donors (Lipinski definition) is 1. The van der Waals surface area contributed by atoms with Crippen LogP contribution in [0.5, 0.6) is 0 Å². The molecule has 0 saturated carbocycles. The van der Waals surface area contributed by atoms with E-state index in [-0.39, 0.29) is 5.92 Å². The highest BCUT2D eigenvalue weighted by Crippen LogP contribution is 2.44. The molecule has 0 spiro atoms. The fourth-order valence-corrected chi connectivity index (χ4v) is 5.31. The van der Waals surface area contributed by atoms with Crippen molar-refractivity contribution in [1.82, 2.24) is 0 Å². The van der Waals surface area contributed by atoms with Crippen LogP contribution in [0.3, 0.4) is 0 Å². The number of fused-ring (bicyclic) bond motifs is 6. The number of benzene rings is 3. The van der Waals surface area contributed by atoms with Crippen molar-refractivity contribution in [3.63, 3.8) is 0 Å². The molecule has 0 unspecified atom stereocenters. The first-order valence-electron chi connectivity index (χ1n) is 11.6. The molecule has 0 heterocycles. The maximum Gasteiger partial charge on any atom is 0.411 e. The van der Waals surface area contributed by atoms with Gasteiger partial charge in [0.2, 0.25) is 0 Å². The lowest BCUT2D eigenvalue weighted by atomic mass is 9.90. The van der Waals surface area contributed by atoms with E-state index in [2.05, 4.69) is 78.2 Å². The molecule has 3 heteroatoms. The third kappa shape index (κ3) is 3.60. The van der Waals surface area contributed by atoms with Crippen molar-refractivity contribution in [2.24, 2.45) is 0 Å². The van der Waals surface area contributed by atoms with Crippen LogP contribution in [0.1, 0.15) is 41.0 Å². The maximum atomic E-state index is 12.7. The Morgan fingerprint density at radius 2 is 1.70 bits per heavy atom. The number of ether oxygens (including phenoxy) is 1. The van der Waals surface area contributed by atoms with Gasteiger partial charge in [-0.05, 0) is 75.9 Å². The summed E-state index contributed by atoms with van der Waals surface area (Å²) in [6, 6.07) is 22.9. The number of hydrogen-bond acceptors (Lipinski definition) is 2. The molecule has 3 aliphatic carbocycles. The van der Waals surface area contributed by atoms with Gasteiger partial charge >= 0.3 is 6.09 Å². The van der Waals surface area contributed by atoms with E-state index >= 15 is 0 Å². The Balaban J connectivity index is 1.20. The van der Waals surface area contributed by atoms with Crippen LogP contribution in [0.25, 0.3) is 16.7 Å². The van der Waals surface area contributed by atoms with Gasteiger partial charge in [0.1, 0.15) is 6.61 Å². The van der Waals surface area contributed by atoms with Gasteiger partial charge in [-0.15, -0.1) is 0 Å². The van der Waals surface area contributed by atoms with Gasteiger partial charge in [0.05, 0.1) is 0 Å². The summed E-state index contributed by atoms with van der Waals surface area (Å²) >= 11 is 0. The Morgan fingerprint density at radius 3 is 2.48 bits per heavy atom. The molecule has 1 N–H and O–H groups in total. The van der Waals surface area contributed by atoms with E-state index in [0.29, 0.717) is 6.61 Å². The van der Waals surface area contributed by atoms with Crippen molar-refractivity contribution in [2.45, 2.75) is 25.2 Å². The zero-order chi connectivity index (χ0) is 22.2. The Hall–Kier alpha value is -3.85. The fraction of sp³-hybridized carbons (Fsp3) is 0.167. The molecule has 0 radical (unpaired) electrons. The van der Waals surface area contributed by atoms with Crippen LogP contribution in [0.15, 0.2) is 96.6 Å². The molecule has 3 nitrogen and oxygen atoms in total. The molecule has 1 amide bonds. The monoisotopic (exact) mass is 431 g/mol. The van der Waals surface area contributed by atoms with Gasteiger partial charge in [-0.1, -0.05) is 78.9 Å². The van der Waals surface area contributed by atoms with Gasteiger partial charge < -0.3 is 4.74 Å². The zero-order valence-electron chi connectivity index (χ0n) is 18.4. The van der Waals surface area contributed by atoms with Crippen LogP contribution in [-0.2, 0) is 11.2 Å². The number of anilines is 1. The number of nitrogens with one attached hydrogen (secondary N) is 1. The second-order valence-electron chi connectivity index (χ2n) is 8.80. The van der Waals surface area contributed by atoms with Crippen LogP contribution in [0.4, 0.5) is 10.5 Å². The minimum Gasteiger partial charge on any atom is -0.448 e. The van der Waals surface area contributed by atoms with Crippen LogP contribution in [0.2, 0.25) is 0 Å². The van der Waals surface area contributed by atoms with Gasteiger partial charge in [-0.3, -0.25) is 5.32 Å². The van der Waals surface area contributed by atoms with Crippen molar-refractivity contribution < 1.29 is 9.53 Å². The minimum atomic E-state index is -0.418. The number of carbonyl (C=O) groups is 1. The van der Waals surface area contributed by atoms with Crippen molar-refractivity contribution >= 4 is 17.4 Å². The molecular formula is C30H25NO2. The van der Waals surface area contributed by atoms with Crippen molar-refractivity contribution in [3.8, 4) is 11.1 Å². The zero-order valence-corrected chi connectivity index (χ0v) is 18.4. The lowest BCUT2D eigenvalue weighted by Gasteiger charge is -2.17. The minimum absolute atomic E-state index is 0.0575. The summed E-state index contributed by atoms with van der Waals surface area (Å²) in [6.07, 6.45) is 11.4. The lowest BCUT2D eigenvalue weighted by Crippen LogP contribution is -2.18. The first kappa shape index (κ1) is 19.8. The standard InChI is InChI=1S/C30H25NO2/c32-30(33-19-29-26-14-5-3-12-24(26)25-13-4-6-15-27(25)29)31-22-17-16-21-10-7-9-20-8-1-2-11-23(20)28(21)18-22/h1-6,9,11-18,29H,7-8,10,19H2,(H,31,32). The molecule has 162 valence electrons. The lowest BCUT2D eigenvalue weighted by molar-refractivity contribution is 0.158. The summed E-state index contributed by atoms with van der Waals surface area (Å²) in [5.41, 5.74) is 10.8. The Bertz CT molecular complexity index is 1300. The van der Waals surface area contributed by atoms with E-state index in [4.69, 9.17) is 4.74 Å². The molecule has 6 rings (SSSR count). The molecule has 0 bridgehead atoms. The third-order valence-corrected chi connectivity index (χ3v) is 6.88. The molecule has 0 aromatic heterocycles. The van der Waals surface area contributed by atoms with Crippen molar-refractivity contribution in [3.05, 3.63) is 119 Å². The van der Waals surface area contributed by atoms with Gasteiger partial charge in [0.15, 0.2) is 0 Å². The van der Waals surface area contributed by atoms with E-state index in [1.165, 1.54) is 44.5 Å². The van der Waals surface area contributed by atoms with Crippen LogP contribution in [0, 0.1) is 0 Å². The Labute approximate surface area is 194 Å². The normalized spacial score (nSPS) is 15.9. The van der Waals surface area contributed by atoms with Crippen molar-refractivity contribution in [2.75, 3.05) is 11.9 Å². The molecule has 3 aromatic carbocycles. The Kier molecular flexibility index (Phi) is 4.95. The summed E-state index contributed by atoms with van der Waals surface area (Å²) < 4.78 is 5.73. The first-order valence-corrected chi connectivity index (χ1v) is 11.6. The highest BCUT2D eigenvalue weighted by Gasteiger charge is 2.29. The van der Waals surface area contributed by atoms with Crippen LogP contribution < -0.4 is 5.32 Å². The topological polar surface area (TPSA) is 38.3 Å². The quantitative estimate of drug-likeness (QED) is 0.474. The molecular weight excluding hydrogens is 406 g/mol. The highest BCUT2D eigenvalue weighted by atomic mass is 16.5. The number of carbonyl (C=O) groups excluding carboxylic acids is 1. The van der Waals surface area contributed by atoms with E-state index in [0.717, 1.165) is 24.9 Å². The first-order chi connectivity index (χ1) is 16.3. The fourth-order valence-electron chi connectivity index (χ4n) is 5.31. The van der Waals surface area contributed by atoms with E-state index < -0.39 is 6.09 Å². The molecule has 0 aliphatic heterocycles. The second kappa shape index (κ2) is 8.25. The second-order valence-corrected chi connectivity index (χ2v) is 8.80. The average molecular weight is 432 g/mol. The SMILES string of the molecule is O=C(Nc1ccc2c(c1)C1=CC=CCC1=CCC2)OCC1c2ccccc2-c2ccccc21. The summed E-state index contributed by atoms with van der Waals surface area (Å²) in [6.45, 7) is 0.313. The number of aryl methyl sites for hydroxylation is 1. The molecule has 33 heavy (non-hydrogen) atoms. The van der Waals surface area contributed by atoms with Gasteiger partial charge in [-0.2, -0.15) is 0 Å². The molecule has 3 aliphatic rings. The Morgan fingerprint density at radius 1 is 0.939 bits per heavy atom. The average Bonchev–Trinajstić information content (AvgIpc) is 3.05.